The van der Waals surface area contributed by atoms with Crippen LogP contribution in [0.15, 0.2) is 10.6 Å². The number of pyridine rings is 1. The number of aliphatic hydroxyl groups is 1. The summed E-state index contributed by atoms with van der Waals surface area (Å²) in [6.07, 6.45) is -0.420. The lowest BCUT2D eigenvalue weighted by Crippen LogP contribution is -2.34. The van der Waals surface area contributed by atoms with Gasteiger partial charge in [0.15, 0.2) is 0 Å². The van der Waals surface area contributed by atoms with E-state index in [0.717, 1.165) is 5.69 Å². The number of aliphatic hydroxyl groups excluding tert-OH is 1. The predicted molar refractivity (Wildman–Crippen MR) is 92.6 cm³/mol. The van der Waals surface area contributed by atoms with E-state index in [1.807, 2.05) is 13.8 Å². The molecule has 3 rings (SSSR count). The van der Waals surface area contributed by atoms with E-state index in [9.17, 15) is 9.90 Å². The Morgan fingerprint density at radius 3 is 2.88 bits per heavy atom. The van der Waals surface area contributed by atoms with E-state index in [1.54, 1.807) is 13.0 Å². The summed E-state index contributed by atoms with van der Waals surface area (Å²) in [6.45, 7) is 7.53. The largest absolute Gasteiger partial charge is 0.391 e. The number of nitrogens with one attached hydrogen (secondary N) is 2. The van der Waals surface area contributed by atoms with Crippen molar-refractivity contribution < 1.29 is 14.4 Å². The number of nitrogens with zero attached hydrogens (tertiary/aromatic N) is 2. The number of carbonyl (C=O) groups is 1. The number of amides is 1. The van der Waals surface area contributed by atoms with Gasteiger partial charge in [0.2, 0.25) is 0 Å². The van der Waals surface area contributed by atoms with E-state index < -0.39 is 6.10 Å². The maximum atomic E-state index is 12.6. The van der Waals surface area contributed by atoms with E-state index in [-0.39, 0.29) is 30.2 Å². The molecule has 0 aliphatic carbocycles. The molecule has 0 bridgehead atoms. The Balaban J connectivity index is 0.00000208. The Morgan fingerprint density at radius 1 is 1.50 bits per heavy atom. The van der Waals surface area contributed by atoms with Gasteiger partial charge in [-0.1, -0.05) is 19.0 Å². The van der Waals surface area contributed by atoms with Gasteiger partial charge in [-0.3, -0.25) is 4.79 Å². The summed E-state index contributed by atoms with van der Waals surface area (Å²) in [5.41, 5.74) is 2.36. The van der Waals surface area contributed by atoms with Crippen molar-refractivity contribution in [2.24, 2.45) is 5.92 Å². The van der Waals surface area contributed by atoms with Crippen LogP contribution in [0.5, 0.6) is 0 Å². The third-order valence-electron chi connectivity index (χ3n) is 4.30. The first-order valence-electron chi connectivity index (χ1n) is 7.91. The molecule has 0 spiro atoms. The molecule has 0 aromatic carbocycles. The van der Waals surface area contributed by atoms with Gasteiger partial charge in [0.05, 0.1) is 22.7 Å². The summed E-state index contributed by atoms with van der Waals surface area (Å²) in [4.78, 5) is 17.1. The van der Waals surface area contributed by atoms with Crippen LogP contribution in [-0.4, -0.2) is 46.9 Å². The summed E-state index contributed by atoms with van der Waals surface area (Å²) in [6, 6.07) is 1.80. The Hall–Kier alpha value is -1.70. The molecule has 132 valence electrons. The Labute approximate surface area is 146 Å². The fourth-order valence-corrected chi connectivity index (χ4v) is 2.84. The van der Waals surface area contributed by atoms with E-state index >= 15 is 0 Å². The smallest absolute Gasteiger partial charge is 0.259 e. The van der Waals surface area contributed by atoms with Gasteiger partial charge in [-0.2, -0.15) is 0 Å². The number of aromatic nitrogens is 2. The summed E-state index contributed by atoms with van der Waals surface area (Å²) >= 11 is 0. The molecule has 2 unspecified atom stereocenters. The molecule has 1 saturated heterocycles. The van der Waals surface area contributed by atoms with Crippen molar-refractivity contribution in [2.45, 2.75) is 32.8 Å². The lowest BCUT2D eigenvalue weighted by molar-refractivity contribution is 0.0928. The van der Waals surface area contributed by atoms with Crippen molar-refractivity contribution in [3.63, 3.8) is 0 Å². The fourth-order valence-electron chi connectivity index (χ4n) is 2.84. The Kier molecular flexibility index (Phi) is 5.79. The number of halogens is 1. The normalized spacial score (nSPS) is 20.4. The molecule has 0 saturated carbocycles. The lowest BCUT2D eigenvalue weighted by atomic mass is 10.0. The van der Waals surface area contributed by atoms with Crippen LogP contribution in [0, 0.1) is 12.8 Å². The molecule has 7 nitrogen and oxygen atoms in total. The average Bonchev–Trinajstić information content (AvgIpc) is 3.10. The standard InChI is InChI=1S/C16H22N4O3.ClH/c1-8(2)12-4-11(14-9(3)20-23-16(14)19-12)15(22)18-6-10-5-17-7-13(10)21;/h4,8,10,13,17,21H,5-7H2,1-3H3,(H,18,22);1H. The number of carbonyl (C=O) groups excluding carboxylic acids is 1. The molecule has 1 amide bonds. The van der Waals surface area contributed by atoms with Gasteiger partial charge >= 0.3 is 0 Å². The summed E-state index contributed by atoms with van der Waals surface area (Å²) in [5, 5.41) is 20.4. The third-order valence-corrected chi connectivity index (χ3v) is 4.30. The molecule has 2 aromatic rings. The van der Waals surface area contributed by atoms with Crippen LogP contribution in [-0.2, 0) is 0 Å². The van der Waals surface area contributed by atoms with Gasteiger partial charge in [0, 0.05) is 31.2 Å². The summed E-state index contributed by atoms with van der Waals surface area (Å²) in [5.74, 6) is 0.0197. The highest BCUT2D eigenvalue weighted by atomic mass is 35.5. The zero-order valence-electron chi connectivity index (χ0n) is 14.0. The number of hydrogen-bond acceptors (Lipinski definition) is 6. The maximum Gasteiger partial charge on any atom is 0.259 e. The summed E-state index contributed by atoms with van der Waals surface area (Å²) in [7, 11) is 0. The quantitative estimate of drug-likeness (QED) is 0.767. The van der Waals surface area contributed by atoms with Crippen LogP contribution in [0.4, 0.5) is 0 Å². The minimum absolute atomic E-state index is 0. The third kappa shape index (κ3) is 3.53. The van der Waals surface area contributed by atoms with Crippen molar-refractivity contribution in [3.05, 3.63) is 23.0 Å². The van der Waals surface area contributed by atoms with Gasteiger partial charge in [-0.25, -0.2) is 4.98 Å². The second-order valence-electron chi connectivity index (χ2n) is 6.39. The number of aryl methyl sites for hydroxylation is 1. The molecular weight excluding hydrogens is 332 g/mol. The highest BCUT2D eigenvalue weighted by molar-refractivity contribution is 6.06. The first-order chi connectivity index (χ1) is 11.0. The number of rotatable bonds is 4. The molecule has 2 atom stereocenters. The molecule has 3 heterocycles. The zero-order chi connectivity index (χ0) is 16.6. The fraction of sp³-hybridized carbons (Fsp3) is 0.562. The van der Waals surface area contributed by atoms with Crippen molar-refractivity contribution >= 4 is 29.4 Å². The summed E-state index contributed by atoms with van der Waals surface area (Å²) < 4.78 is 5.23. The zero-order valence-corrected chi connectivity index (χ0v) is 14.8. The highest BCUT2D eigenvalue weighted by Gasteiger charge is 2.26. The molecule has 2 aromatic heterocycles. The number of fused-ring (bicyclic) bond motifs is 1. The molecule has 1 fully saturated rings. The highest BCUT2D eigenvalue weighted by Crippen LogP contribution is 2.25. The molecule has 1 aliphatic heterocycles. The van der Waals surface area contributed by atoms with Crippen LogP contribution >= 0.6 is 12.4 Å². The lowest BCUT2D eigenvalue weighted by Gasteiger charge is -2.15. The first kappa shape index (κ1) is 18.6. The molecule has 3 N–H and O–H groups in total. The van der Waals surface area contributed by atoms with Gasteiger partial charge in [0.1, 0.15) is 0 Å². The van der Waals surface area contributed by atoms with Gasteiger partial charge < -0.3 is 20.3 Å². The number of hydrogen-bond donors (Lipinski definition) is 3. The van der Waals surface area contributed by atoms with E-state index in [4.69, 9.17) is 4.52 Å². The van der Waals surface area contributed by atoms with E-state index in [2.05, 4.69) is 20.8 Å². The second-order valence-corrected chi connectivity index (χ2v) is 6.39. The van der Waals surface area contributed by atoms with Crippen molar-refractivity contribution in [2.75, 3.05) is 19.6 Å². The monoisotopic (exact) mass is 354 g/mol. The first-order valence-corrected chi connectivity index (χ1v) is 7.91. The van der Waals surface area contributed by atoms with Crippen LogP contribution in [0.1, 0.15) is 41.5 Å². The average molecular weight is 355 g/mol. The minimum Gasteiger partial charge on any atom is -0.391 e. The van der Waals surface area contributed by atoms with Gasteiger partial charge in [0.25, 0.3) is 11.6 Å². The van der Waals surface area contributed by atoms with Gasteiger partial charge in [-0.15, -0.1) is 12.4 Å². The molecular formula is C16H23ClN4O3. The maximum absolute atomic E-state index is 12.6. The van der Waals surface area contributed by atoms with Crippen molar-refractivity contribution in [3.8, 4) is 0 Å². The van der Waals surface area contributed by atoms with Crippen molar-refractivity contribution in [1.29, 1.82) is 0 Å². The van der Waals surface area contributed by atoms with E-state index in [1.165, 1.54) is 0 Å². The van der Waals surface area contributed by atoms with Gasteiger partial charge in [-0.05, 0) is 18.9 Å². The van der Waals surface area contributed by atoms with Crippen LogP contribution in [0.2, 0.25) is 0 Å². The molecule has 24 heavy (non-hydrogen) atoms. The van der Waals surface area contributed by atoms with E-state index in [0.29, 0.717) is 42.0 Å². The van der Waals surface area contributed by atoms with Crippen molar-refractivity contribution in [1.82, 2.24) is 20.8 Å². The SMILES string of the molecule is Cc1noc2nc(C(C)C)cc(C(=O)NCC3CNCC3O)c12.Cl. The Morgan fingerprint density at radius 2 is 2.25 bits per heavy atom. The molecule has 1 aliphatic rings. The van der Waals surface area contributed by atoms with Crippen LogP contribution in [0.25, 0.3) is 11.1 Å². The van der Waals surface area contributed by atoms with Crippen LogP contribution in [0.3, 0.4) is 0 Å². The Bertz CT molecular complexity index is 731. The topological polar surface area (TPSA) is 100 Å². The molecule has 0 radical (unpaired) electrons. The minimum atomic E-state index is -0.420. The predicted octanol–water partition coefficient (Wildman–Crippen LogP) is 1.39. The second kappa shape index (κ2) is 7.46. The van der Waals surface area contributed by atoms with Crippen LogP contribution < -0.4 is 10.6 Å². The molecule has 8 heteroatoms. The number of β-amino-alcohol motifs (C(OH)–C–C–N with tert-alkyl or cyclic N) is 1.